The van der Waals surface area contributed by atoms with E-state index in [4.69, 9.17) is 9.72 Å². The van der Waals surface area contributed by atoms with E-state index in [0.29, 0.717) is 17.6 Å². The molecule has 0 unspecified atom stereocenters. The number of anilines is 1. The fourth-order valence-corrected chi connectivity index (χ4v) is 5.25. The van der Waals surface area contributed by atoms with Crippen molar-refractivity contribution in [1.82, 2.24) is 14.7 Å². The molecule has 0 amide bonds. The van der Waals surface area contributed by atoms with Crippen LogP contribution in [-0.4, -0.2) is 51.4 Å². The molecule has 188 valence electrons. The van der Waals surface area contributed by atoms with E-state index >= 15 is 0 Å². The average molecular weight is 499 g/mol. The van der Waals surface area contributed by atoms with Crippen LogP contribution in [0, 0.1) is 12.8 Å². The molecule has 8 nitrogen and oxygen atoms in total. The van der Waals surface area contributed by atoms with E-state index in [1.807, 2.05) is 31.3 Å². The first-order chi connectivity index (χ1) is 16.4. The van der Waals surface area contributed by atoms with Gasteiger partial charge >= 0.3 is 0 Å². The van der Waals surface area contributed by atoms with Crippen LogP contribution in [0.2, 0.25) is 0 Å². The largest absolute Gasteiger partial charge is 0.496 e. The van der Waals surface area contributed by atoms with E-state index in [1.54, 1.807) is 7.11 Å². The van der Waals surface area contributed by atoms with Gasteiger partial charge in [-0.3, -0.25) is 9.78 Å². The third kappa shape index (κ3) is 5.36. The van der Waals surface area contributed by atoms with Crippen LogP contribution < -0.4 is 19.9 Å². The minimum atomic E-state index is -3.21. The van der Waals surface area contributed by atoms with Gasteiger partial charge in [0.1, 0.15) is 5.75 Å². The van der Waals surface area contributed by atoms with Gasteiger partial charge in [-0.25, -0.2) is 13.1 Å². The van der Waals surface area contributed by atoms with Crippen molar-refractivity contribution in [1.29, 1.82) is 0 Å². The summed E-state index contributed by atoms with van der Waals surface area (Å²) in [7, 11) is -1.55. The molecule has 2 N–H and O–H groups in total. The van der Waals surface area contributed by atoms with Crippen molar-refractivity contribution in [3.63, 3.8) is 0 Å². The summed E-state index contributed by atoms with van der Waals surface area (Å²) in [5.41, 5.74) is 4.43. The SMILES string of the molecule is COc1c(C(C)(C)C)cc(-c2ccc(C)[nH]c2=O)c2ncc(N3CC[C@H](CNS(C)(=O)=O)C3)cc12. The summed E-state index contributed by atoms with van der Waals surface area (Å²) in [4.78, 5) is 22.8. The highest BCUT2D eigenvalue weighted by Crippen LogP contribution is 2.42. The van der Waals surface area contributed by atoms with Gasteiger partial charge in [-0.1, -0.05) is 20.8 Å². The number of nitrogens with one attached hydrogen (secondary N) is 2. The number of rotatable bonds is 6. The smallest absolute Gasteiger partial charge is 0.256 e. The number of hydrogen-bond donors (Lipinski definition) is 2. The Morgan fingerprint density at radius 3 is 2.60 bits per heavy atom. The van der Waals surface area contributed by atoms with Crippen LogP contribution in [0.15, 0.2) is 35.3 Å². The van der Waals surface area contributed by atoms with Crippen LogP contribution in [0.25, 0.3) is 22.0 Å². The summed E-state index contributed by atoms with van der Waals surface area (Å²) in [5.74, 6) is 0.980. The van der Waals surface area contributed by atoms with Crippen LogP contribution in [0.5, 0.6) is 5.75 Å². The van der Waals surface area contributed by atoms with E-state index in [1.165, 1.54) is 6.26 Å². The van der Waals surface area contributed by atoms with Crippen LogP contribution in [0.4, 0.5) is 5.69 Å². The zero-order valence-electron chi connectivity index (χ0n) is 21.2. The molecule has 1 aromatic carbocycles. The second-order valence-electron chi connectivity index (χ2n) is 10.5. The number of pyridine rings is 2. The molecule has 3 aromatic rings. The number of benzene rings is 1. The lowest BCUT2D eigenvalue weighted by atomic mass is 9.83. The van der Waals surface area contributed by atoms with Crippen molar-refractivity contribution >= 4 is 26.6 Å². The third-order valence-corrected chi connectivity index (χ3v) is 7.24. The van der Waals surface area contributed by atoms with Gasteiger partial charge in [-0.15, -0.1) is 0 Å². The van der Waals surface area contributed by atoms with Gasteiger partial charge < -0.3 is 14.6 Å². The zero-order valence-corrected chi connectivity index (χ0v) is 22.0. The Bertz CT molecular complexity index is 1420. The molecule has 1 aliphatic rings. The molecule has 2 aromatic heterocycles. The first-order valence-corrected chi connectivity index (χ1v) is 13.7. The Hall–Kier alpha value is -2.91. The number of aryl methyl sites for hydroxylation is 1. The summed E-state index contributed by atoms with van der Waals surface area (Å²) >= 11 is 0. The van der Waals surface area contributed by atoms with E-state index in [9.17, 15) is 13.2 Å². The van der Waals surface area contributed by atoms with Gasteiger partial charge in [0.05, 0.1) is 30.8 Å². The maximum Gasteiger partial charge on any atom is 0.256 e. The summed E-state index contributed by atoms with van der Waals surface area (Å²) < 4.78 is 31.5. The highest BCUT2D eigenvalue weighted by molar-refractivity contribution is 7.88. The molecule has 0 aliphatic carbocycles. The van der Waals surface area contributed by atoms with Crippen molar-refractivity contribution < 1.29 is 13.2 Å². The fraction of sp³-hybridized carbons (Fsp3) is 0.462. The number of ether oxygens (including phenoxy) is 1. The quantitative estimate of drug-likeness (QED) is 0.538. The predicted octanol–water partition coefficient (Wildman–Crippen LogP) is 3.58. The summed E-state index contributed by atoms with van der Waals surface area (Å²) in [5, 5.41) is 0.852. The maximum absolute atomic E-state index is 12.9. The van der Waals surface area contributed by atoms with Crippen LogP contribution in [0.3, 0.4) is 0 Å². The standard InChI is InChI=1S/C26H34N4O4S/c1-16-7-8-19(25(31)29-16)20-12-22(26(2,3)4)24(34-5)21-11-18(14-27-23(20)21)30-10-9-17(15-30)13-28-35(6,32)33/h7-8,11-12,14,17,28H,9-10,13,15H2,1-6H3,(H,29,31)/t17-/m1/s1. The van der Waals surface area contributed by atoms with Gasteiger partial charge in [0.25, 0.3) is 5.56 Å². The Morgan fingerprint density at radius 1 is 1.23 bits per heavy atom. The minimum absolute atomic E-state index is 0.150. The molecule has 1 saturated heterocycles. The lowest BCUT2D eigenvalue weighted by molar-refractivity contribution is 0.402. The molecule has 0 saturated carbocycles. The molecular weight excluding hydrogens is 464 g/mol. The lowest BCUT2D eigenvalue weighted by Crippen LogP contribution is -2.30. The van der Waals surface area contributed by atoms with Crippen molar-refractivity contribution in [2.45, 2.75) is 39.5 Å². The van der Waals surface area contributed by atoms with Crippen molar-refractivity contribution in [2.75, 3.05) is 37.9 Å². The number of nitrogens with zero attached hydrogens (tertiary/aromatic N) is 2. The zero-order chi connectivity index (χ0) is 25.5. The molecule has 4 rings (SSSR count). The van der Waals surface area contributed by atoms with Crippen LogP contribution in [-0.2, 0) is 15.4 Å². The first-order valence-electron chi connectivity index (χ1n) is 11.8. The molecule has 1 atom stereocenters. The Balaban J connectivity index is 1.83. The molecule has 0 bridgehead atoms. The van der Waals surface area contributed by atoms with E-state index in [-0.39, 0.29) is 16.9 Å². The summed E-state index contributed by atoms with van der Waals surface area (Å²) in [6.45, 7) is 10.2. The molecule has 1 fully saturated rings. The van der Waals surface area contributed by atoms with E-state index in [0.717, 1.165) is 53.2 Å². The van der Waals surface area contributed by atoms with Gasteiger partial charge in [0.15, 0.2) is 0 Å². The van der Waals surface area contributed by atoms with Crippen molar-refractivity contribution in [3.05, 3.63) is 52.1 Å². The molecule has 9 heteroatoms. The van der Waals surface area contributed by atoms with E-state index < -0.39 is 10.0 Å². The van der Waals surface area contributed by atoms with E-state index in [2.05, 4.69) is 41.4 Å². The number of hydrogen-bond acceptors (Lipinski definition) is 6. The number of aromatic nitrogens is 2. The third-order valence-electron chi connectivity index (χ3n) is 6.55. The van der Waals surface area contributed by atoms with Crippen molar-refractivity contribution in [3.8, 4) is 16.9 Å². The molecule has 3 heterocycles. The summed E-state index contributed by atoms with van der Waals surface area (Å²) in [6.07, 6.45) is 3.91. The first kappa shape index (κ1) is 25.2. The monoisotopic (exact) mass is 498 g/mol. The number of sulfonamides is 1. The van der Waals surface area contributed by atoms with Gasteiger partial charge in [-0.2, -0.15) is 0 Å². The molecule has 0 spiro atoms. The van der Waals surface area contributed by atoms with Crippen molar-refractivity contribution in [2.24, 2.45) is 5.92 Å². The van der Waals surface area contributed by atoms with Crippen LogP contribution >= 0.6 is 0 Å². The Kier molecular flexibility index (Phi) is 6.68. The molecule has 35 heavy (non-hydrogen) atoms. The Morgan fingerprint density at radius 2 is 1.97 bits per heavy atom. The highest BCUT2D eigenvalue weighted by atomic mass is 32.2. The Labute approximate surface area is 206 Å². The normalized spacial score (nSPS) is 16.7. The van der Waals surface area contributed by atoms with Crippen LogP contribution in [0.1, 0.15) is 38.4 Å². The van der Waals surface area contributed by atoms with Gasteiger partial charge in [0.2, 0.25) is 10.0 Å². The second kappa shape index (κ2) is 9.28. The molecule has 1 aliphatic heterocycles. The topological polar surface area (TPSA) is 104 Å². The second-order valence-corrected chi connectivity index (χ2v) is 12.3. The minimum Gasteiger partial charge on any atom is -0.496 e. The maximum atomic E-state index is 12.9. The lowest BCUT2D eigenvalue weighted by Gasteiger charge is -2.26. The molecular formula is C26H34N4O4S. The number of fused-ring (bicyclic) bond motifs is 1. The number of methoxy groups -OCH3 is 1. The fourth-order valence-electron chi connectivity index (χ4n) is 4.71. The average Bonchev–Trinajstić information content (AvgIpc) is 3.24. The number of H-pyrrole nitrogens is 1. The summed E-state index contributed by atoms with van der Waals surface area (Å²) in [6, 6.07) is 7.84. The predicted molar refractivity (Wildman–Crippen MR) is 141 cm³/mol. The number of aromatic amines is 1. The van der Waals surface area contributed by atoms with Gasteiger partial charge in [0, 0.05) is 47.4 Å². The van der Waals surface area contributed by atoms with Gasteiger partial charge in [-0.05, 0) is 48.9 Å². The molecule has 0 radical (unpaired) electrons. The highest BCUT2D eigenvalue weighted by Gasteiger charge is 2.27.